The Morgan fingerprint density at radius 1 is 0.950 bits per heavy atom. The van der Waals surface area contributed by atoms with Crippen LogP contribution in [0.25, 0.3) is 0 Å². The number of hydrogen-bond donors (Lipinski definition) is 0. The quantitative estimate of drug-likeness (QED) is 0.661. The molecule has 2 aromatic rings. The molecule has 0 aromatic heterocycles. The van der Waals surface area contributed by atoms with Crippen LogP contribution in [0.15, 0.2) is 40.9 Å². The van der Waals surface area contributed by atoms with Gasteiger partial charge in [-0.2, -0.15) is 0 Å². The van der Waals surface area contributed by atoms with Gasteiger partial charge in [0.15, 0.2) is 0 Å². The average Bonchev–Trinajstić information content (AvgIpc) is 2.46. The second-order valence-electron chi connectivity index (χ2n) is 4.14. The lowest BCUT2D eigenvalue weighted by atomic mass is 10.0. The van der Waals surface area contributed by atoms with Gasteiger partial charge in [0.25, 0.3) is 0 Å². The van der Waals surface area contributed by atoms with Gasteiger partial charge in [-0.1, -0.05) is 27.5 Å². The molecule has 1 unspecified atom stereocenters. The molecule has 5 heteroatoms. The first kappa shape index (κ1) is 15.5. The third-order valence-corrected chi connectivity index (χ3v) is 4.13. The van der Waals surface area contributed by atoms with Gasteiger partial charge in [0.05, 0.1) is 19.6 Å². The Kier molecular flexibility index (Phi) is 5.19. The maximum atomic E-state index is 6.60. The van der Waals surface area contributed by atoms with E-state index in [1.165, 1.54) is 0 Å². The number of alkyl halides is 1. The van der Waals surface area contributed by atoms with E-state index in [1.807, 2.05) is 18.2 Å². The lowest BCUT2D eigenvalue weighted by Gasteiger charge is -2.17. The van der Waals surface area contributed by atoms with Gasteiger partial charge in [-0.15, -0.1) is 11.6 Å². The van der Waals surface area contributed by atoms with Crippen molar-refractivity contribution in [2.45, 2.75) is 5.38 Å². The van der Waals surface area contributed by atoms with E-state index in [4.69, 9.17) is 32.7 Å². The number of rotatable bonds is 4. The highest BCUT2D eigenvalue weighted by Gasteiger charge is 2.20. The molecule has 0 fully saturated rings. The minimum Gasteiger partial charge on any atom is -0.496 e. The van der Waals surface area contributed by atoms with Crippen LogP contribution in [0.3, 0.4) is 0 Å². The van der Waals surface area contributed by atoms with E-state index in [0.29, 0.717) is 10.8 Å². The second kappa shape index (κ2) is 6.70. The van der Waals surface area contributed by atoms with Crippen molar-refractivity contribution < 1.29 is 9.47 Å². The van der Waals surface area contributed by atoms with Gasteiger partial charge in [0.2, 0.25) is 0 Å². The summed E-state index contributed by atoms with van der Waals surface area (Å²) < 4.78 is 11.6. The zero-order valence-corrected chi connectivity index (χ0v) is 14.1. The summed E-state index contributed by atoms with van der Waals surface area (Å²) in [7, 11) is 3.22. The zero-order chi connectivity index (χ0) is 14.7. The van der Waals surface area contributed by atoms with E-state index in [-0.39, 0.29) is 0 Å². The van der Waals surface area contributed by atoms with Crippen LogP contribution in [0, 0.1) is 0 Å². The highest BCUT2D eigenvalue weighted by Crippen LogP contribution is 2.41. The molecule has 20 heavy (non-hydrogen) atoms. The van der Waals surface area contributed by atoms with Crippen molar-refractivity contribution in [2.75, 3.05) is 14.2 Å². The first-order valence-corrected chi connectivity index (χ1v) is 7.48. The van der Waals surface area contributed by atoms with Crippen molar-refractivity contribution in [2.24, 2.45) is 0 Å². The van der Waals surface area contributed by atoms with Crippen LogP contribution < -0.4 is 9.47 Å². The minimum absolute atomic E-state index is 0.420. The molecule has 0 heterocycles. The first-order chi connectivity index (χ1) is 9.56. The Balaban J connectivity index is 2.53. The fraction of sp³-hybridized carbons (Fsp3) is 0.200. The van der Waals surface area contributed by atoms with E-state index < -0.39 is 5.38 Å². The summed E-state index contributed by atoms with van der Waals surface area (Å²) in [5.41, 5.74) is 1.65. The van der Waals surface area contributed by atoms with Crippen LogP contribution >= 0.6 is 39.1 Å². The second-order valence-corrected chi connectivity index (χ2v) is 5.92. The molecule has 0 amide bonds. The molecule has 2 nitrogen and oxygen atoms in total. The molecule has 0 radical (unpaired) electrons. The van der Waals surface area contributed by atoms with Crippen LogP contribution in [-0.2, 0) is 0 Å². The van der Waals surface area contributed by atoms with Gasteiger partial charge in [0, 0.05) is 20.6 Å². The van der Waals surface area contributed by atoms with Crippen molar-refractivity contribution in [1.29, 1.82) is 0 Å². The number of halogens is 3. The lowest BCUT2D eigenvalue weighted by Crippen LogP contribution is -2.00. The summed E-state index contributed by atoms with van der Waals surface area (Å²) in [5.74, 6) is 1.41. The third kappa shape index (κ3) is 3.22. The monoisotopic (exact) mass is 374 g/mol. The van der Waals surface area contributed by atoms with Gasteiger partial charge in [-0.3, -0.25) is 0 Å². The lowest BCUT2D eigenvalue weighted by molar-refractivity contribution is 0.404. The van der Waals surface area contributed by atoms with Gasteiger partial charge >= 0.3 is 0 Å². The van der Waals surface area contributed by atoms with Gasteiger partial charge in [0.1, 0.15) is 11.5 Å². The summed E-state index contributed by atoms with van der Waals surface area (Å²) in [6, 6.07) is 11.1. The predicted molar refractivity (Wildman–Crippen MR) is 86.4 cm³/mol. The molecule has 0 spiro atoms. The van der Waals surface area contributed by atoms with Crippen LogP contribution in [0.1, 0.15) is 16.5 Å². The van der Waals surface area contributed by atoms with E-state index in [2.05, 4.69) is 15.9 Å². The van der Waals surface area contributed by atoms with Crippen LogP contribution in [0.4, 0.5) is 0 Å². The molecule has 2 aromatic carbocycles. The molecule has 106 valence electrons. The third-order valence-electron chi connectivity index (χ3n) is 2.93. The first-order valence-electron chi connectivity index (χ1n) is 5.87. The van der Waals surface area contributed by atoms with E-state index in [9.17, 15) is 0 Å². The van der Waals surface area contributed by atoms with Crippen molar-refractivity contribution in [3.63, 3.8) is 0 Å². The zero-order valence-electron chi connectivity index (χ0n) is 11.0. The molecule has 0 N–H and O–H groups in total. The largest absolute Gasteiger partial charge is 0.496 e. The molecule has 1 atom stereocenters. The maximum Gasteiger partial charge on any atom is 0.124 e. The summed E-state index contributed by atoms with van der Waals surface area (Å²) in [5, 5.41) is 0.191. The Morgan fingerprint density at radius 3 is 2.10 bits per heavy atom. The van der Waals surface area contributed by atoms with Crippen molar-refractivity contribution in [3.8, 4) is 11.5 Å². The predicted octanol–water partition coefficient (Wildman–Crippen LogP) is 5.45. The Bertz CT molecular complexity index is 563. The Morgan fingerprint density at radius 2 is 1.50 bits per heavy atom. The summed E-state index contributed by atoms with van der Waals surface area (Å²) in [4.78, 5) is 0. The molecule has 0 aliphatic heterocycles. The van der Waals surface area contributed by atoms with Crippen LogP contribution in [0.2, 0.25) is 5.02 Å². The molecular weight excluding hydrogens is 363 g/mol. The minimum atomic E-state index is -0.420. The van der Waals surface area contributed by atoms with Crippen LogP contribution in [0.5, 0.6) is 11.5 Å². The van der Waals surface area contributed by atoms with E-state index in [0.717, 1.165) is 21.3 Å². The number of hydrogen-bond acceptors (Lipinski definition) is 2. The smallest absolute Gasteiger partial charge is 0.124 e. The summed E-state index contributed by atoms with van der Waals surface area (Å²) in [6.07, 6.45) is 0. The van der Waals surface area contributed by atoms with Crippen molar-refractivity contribution in [1.82, 2.24) is 0 Å². The average molecular weight is 376 g/mol. The topological polar surface area (TPSA) is 18.5 Å². The van der Waals surface area contributed by atoms with Crippen molar-refractivity contribution in [3.05, 3.63) is 57.0 Å². The molecule has 0 saturated heterocycles. The molecule has 0 aliphatic rings. The summed E-state index contributed by atoms with van der Waals surface area (Å²) in [6.45, 7) is 0. The van der Waals surface area contributed by atoms with Gasteiger partial charge in [-0.25, -0.2) is 0 Å². The SMILES string of the molecule is COc1ccc(Cl)cc1C(Cl)c1cc(Br)ccc1OC. The van der Waals surface area contributed by atoms with Gasteiger partial charge < -0.3 is 9.47 Å². The standard InChI is InChI=1S/C15H13BrCl2O2/c1-19-13-5-3-9(16)7-11(13)15(18)12-8-10(17)4-6-14(12)20-2/h3-8,15H,1-2H3. The van der Waals surface area contributed by atoms with E-state index >= 15 is 0 Å². The van der Waals surface area contributed by atoms with Gasteiger partial charge in [-0.05, 0) is 36.4 Å². The Labute approximate surface area is 136 Å². The van der Waals surface area contributed by atoms with Crippen molar-refractivity contribution >= 4 is 39.1 Å². The highest BCUT2D eigenvalue weighted by atomic mass is 79.9. The molecular formula is C15H13BrCl2O2. The number of benzene rings is 2. The molecule has 0 saturated carbocycles. The Hall–Kier alpha value is -0.900. The maximum absolute atomic E-state index is 6.60. The van der Waals surface area contributed by atoms with E-state index in [1.54, 1.807) is 32.4 Å². The van der Waals surface area contributed by atoms with Crippen LogP contribution in [-0.4, -0.2) is 14.2 Å². The summed E-state index contributed by atoms with van der Waals surface area (Å²) >= 11 is 16.1. The number of methoxy groups -OCH3 is 2. The molecule has 0 aliphatic carbocycles. The highest BCUT2D eigenvalue weighted by molar-refractivity contribution is 9.10. The normalized spacial score (nSPS) is 12.1. The molecule has 2 rings (SSSR count). The number of ether oxygens (including phenoxy) is 2. The fourth-order valence-electron chi connectivity index (χ4n) is 1.97. The fourth-order valence-corrected chi connectivity index (χ4v) is 2.87. The molecule has 0 bridgehead atoms.